The third-order valence-electron chi connectivity index (χ3n) is 3.76. The summed E-state index contributed by atoms with van der Waals surface area (Å²) in [4.78, 5) is 2.33. The van der Waals surface area contributed by atoms with Gasteiger partial charge in [-0.1, -0.05) is 0 Å². The molecular formula is C12H25N3O2S. The lowest BCUT2D eigenvalue weighted by Crippen LogP contribution is -2.37. The Hall–Kier alpha value is -0.170. The number of sulfonamides is 1. The average Bonchev–Trinajstić information content (AvgIpc) is 3.12. The molecule has 2 fully saturated rings. The molecule has 0 aromatic carbocycles. The zero-order chi connectivity index (χ0) is 13.0. The highest BCUT2D eigenvalue weighted by molar-refractivity contribution is 7.89. The Bertz CT molecular complexity index is 354. The molecule has 0 unspecified atom stereocenters. The van der Waals surface area contributed by atoms with Crippen LogP contribution in [-0.2, 0) is 10.0 Å². The van der Waals surface area contributed by atoms with Crippen molar-refractivity contribution in [2.45, 2.75) is 25.7 Å². The van der Waals surface area contributed by atoms with Crippen molar-refractivity contribution in [3.63, 3.8) is 0 Å². The molecule has 106 valence electrons. The van der Waals surface area contributed by atoms with Crippen LogP contribution in [0.3, 0.4) is 0 Å². The Labute approximate surface area is 110 Å². The highest BCUT2D eigenvalue weighted by Gasteiger charge is 2.32. The van der Waals surface area contributed by atoms with E-state index in [0.29, 0.717) is 31.3 Å². The van der Waals surface area contributed by atoms with Crippen LogP contribution in [0.25, 0.3) is 0 Å². The summed E-state index contributed by atoms with van der Waals surface area (Å²) in [5.41, 5.74) is 5.51. The molecule has 0 radical (unpaired) electrons. The summed E-state index contributed by atoms with van der Waals surface area (Å²) in [5, 5.41) is 0. The molecule has 0 aromatic rings. The standard InChI is InChI=1S/C12H25N3O2S/c13-5-1-6-14-7-2-8-15(10-9-14)18(16,17)11-12-3-4-12/h12H,1-11,13H2. The van der Waals surface area contributed by atoms with Crippen molar-refractivity contribution in [2.24, 2.45) is 11.7 Å². The first-order chi connectivity index (χ1) is 8.62. The van der Waals surface area contributed by atoms with Crippen LogP contribution >= 0.6 is 0 Å². The van der Waals surface area contributed by atoms with Crippen molar-refractivity contribution < 1.29 is 8.42 Å². The molecule has 1 heterocycles. The highest BCUT2D eigenvalue weighted by atomic mass is 32.2. The average molecular weight is 275 g/mol. The summed E-state index contributed by atoms with van der Waals surface area (Å²) in [6, 6.07) is 0. The topological polar surface area (TPSA) is 66.6 Å². The Morgan fingerprint density at radius 2 is 1.89 bits per heavy atom. The fraction of sp³-hybridized carbons (Fsp3) is 1.00. The summed E-state index contributed by atoms with van der Waals surface area (Å²) in [6.07, 6.45) is 4.12. The third-order valence-corrected chi connectivity index (χ3v) is 5.81. The minimum Gasteiger partial charge on any atom is -0.330 e. The first-order valence-corrected chi connectivity index (χ1v) is 8.63. The van der Waals surface area contributed by atoms with Gasteiger partial charge in [0.25, 0.3) is 0 Å². The minimum atomic E-state index is -3.01. The molecule has 0 amide bonds. The SMILES string of the molecule is NCCCN1CCCN(S(=O)(=O)CC2CC2)CC1. The molecule has 18 heavy (non-hydrogen) atoms. The maximum atomic E-state index is 12.2. The molecule has 1 saturated heterocycles. The Morgan fingerprint density at radius 1 is 1.11 bits per heavy atom. The van der Waals surface area contributed by atoms with Crippen molar-refractivity contribution in [1.29, 1.82) is 0 Å². The van der Waals surface area contributed by atoms with Crippen LogP contribution in [-0.4, -0.2) is 62.6 Å². The second-order valence-corrected chi connectivity index (χ2v) is 7.47. The van der Waals surface area contributed by atoms with Gasteiger partial charge in [0.1, 0.15) is 0 Å². The van der Waals surface area contributed by atoms with Crippen LogP contribution in [0.15, 0.2) is 0 Å². The van der Waals surface area contributed by atoms with E-state index < -0.39 is 10.0 Å². The van der Waals surface area contributed by atoms with E-state index >= 15 is 0 Å². The number of hydrogen-bond acceptors (Lipinski definition) is 4. The van der Waals surface area contributed by atoms with Gasteiger partial charge in [-0.2, -0.15) is 0 Å². The number of hydrogen-bond donors (Lipinski definition) is 1. The summed E-state index contributed by atoms with van der Waals surface area (Å²) < 4.78 is 26.1. The molecule has 2 aliphatic rings. The predicted molar refractivity (Wildman–Crippen MR) is 72.8 cm³/mol. The zero-order valence-electron chi connectivity index (χ0n) is 11.1. The van der Waals surface area contributed by atoms with Gasteiger partial charge in [0, 0.05) is 19.6 Å². The van der Waals surface area contributed by atoms with E-state index in [1.807, 2.05) is 0 Å². The molecule has 6 heteroatoms. The summed E-state index contributed by atoms with van der Waals surface area (Å²) in [6.45, 7) is 4.89. The summed E-state index contributed by atoms with van der Waals surface area (Å²) in [7, 11) is -3.01. The highest BCUT2D eigenvalue weighted by Crippen LogP contribution is 2.31. The van der Waals surface area contributed by atoms with Crippen molar-refractivity contribution >= 4 is 10.0 Å². The van der Waals surface area contributed by atoms with Crippen LogP contribution < -0.4 is 5.73 Å². The maximum Gasteiger partial charge on any atom is 0.214 e. The van der Waals surface area contributed by atoms with Crippen LogP contribution in [0.2, 0.25) is 0 Å². The lowest BCUT2D eigenvalue weighted by atomic mass is 10.3. The second kappa shape index (κ2) is 6.32. The largest absolute Gasteiger partial charge is 0.330 e. The first-order valence-electron chi connectivity index (χ1n) is 7.02. The molecule has 5 nitrogen and oxygen atoms in total. The van der Waals surface area contributed by atoms with E-state index in [1.54, 1.807) is 4.31 Å². The maximum absolute atomic E-state index is 12.2. The molecule has 0 spiro atoms. The van der Waals surface area contributed by atoms with Gasteiger partial charge in [0.05, 0.1) is 5.75 Å². The van der Waals surface area contributed by atoms with E-state index in [-0.39, 0.29) is 0 Å². The smallest absolute Gasteiger partial charge is 0.214 e. The fourth-order valence-electron chi connectivity index (χ4n) is 2.45. The van der Waals surface area contributed by atoms with Crippen LogP contribution in [0.5, 0.6) is 0 Å². The van der Waals surface area contributed by atoms with Gasteiger partial charge in [-0.3, -0.25) is 0 Å². The molecule has 0 aromatic heterocycles. The zero-order valence-corrected chi connectivity index (χ0v) is 11.9. The first kappa shape index (κ1) is 14.2. The van der Waals surface area contributed by atoms with Gasteiger partial charge < -0.3 is 10.6 Å². The normalized spacial score (nSPS) is 24.1. The van der Waals surface area contributed by atoms with Gasteiger partial charge in [0.2, 0.25) is 10.0 Å². The monoisotopic (exact) mass is 275 g/mol. The number of nitrogens with two attached hydrogens (primary N) is 1. The second-order valence-electron chi connectivity index (χ2n) is 5.46. The molecule has 2 N–H and O–H groups in total. The van der Waals surface area contributed by atoms with Gasteiger partial charge in [-0.25, -0.2) is 12.7 Å². The fourth-order valence-corrected chi connectivity index (χ4v) is 4.36. The quantitative estimate of drug-likeness (QED) is 0.746. The van der Waals surface area contributed by atoms with E-state index in [0.717, 1.165) is 45.3 Å². The molecule has 0 bridgehead atoms. The van der Waals surface area contributed by atoms with Gasteiger partial charge in [0.15, 0.2) is 0 Å². The van der Waals surface area contributed by atoms with Crippen LogP contribution in [0, 0.1) is 5.92 Å². The number of rotatable bonds is 6. The molecule has 1 aliphatic heterocycles. The van der Waals surface area contributed by atoms with Gasteiger partial charge in [-0.15, -0.1) is 0 Å². The Kier molecular flexibility index (Phi) is 5.00. The van der Waals surface area contributed by atoms with E-state index in [2.05, 4.69) is 4.90 Å². The lowest BCUT2D eigenvalue weighted by Gasteiger charge is -2.21. The molecule has 1 saturated carbocycles. The van der Waals surface area contributed by atoms with Crippen LogP contribution in [0.1, 0.15) is 25.7 Å². The minimum absolute atomic E-state index is 0.371. The lowest BCUT2D eigenvalue weighted by molar-refractivity contribution is 0.284. The summed E-state index contributed by atoms with van der Waals surface area (Å²) >= 11 is 0. The van der Waals surface area contributed by atoms with E-state index in [1.165, 1.54) is 0 Å². The number of nitrogens with zero attached hydrogens (tertiary/aromatic N) is 2. The van der Waals surface area contributed by atoms with Crippen molar-refractivity contribution in [3.8, 4) is 0 Å². The van der Waals surface area contributed by atoms with Crippen molar-refractivity contribution in [1.82, 2.24) is 9.21 Å². The third kappa shape index (κ3) is 4.19. The Morgan fingerprint density at radius 3 is 2.56 bits per heavy atom. The Balaban J connectivity index is 1.83. The van der Waals surface area contributed by atoms with Gasteiger partial charge >= 0.3 is 0 Å². The summed E-state index contributed by atoms with van der Waals surface area (Å²) in [5.74, 6) is 0.807. The van der Waals surface area contributed by atoms with Crippen molar-refractivity contribution in [3.05, 3.63) is 0 Å². The molecular weight excluding hydrogens is 250 g/mol. The van der Waals surface area contributed by atoms with E-state index in [4.69, 9.17) is 5.73 Å². The van der Waals surface area contributed by atoms with Gasteiger partial charge in [-0.05, 0) is 51.2 Å². The molecule has 1 aliphatic carbocycles. The predicted octanol–water partition coefficient (Wildman–Crippen LogP) is 0.0827. The van der Waals surface area contributed by atoms with E-state index in [9.17, 15) is 8.42 Å². The van der Waals surface area contributed by atoms with Crippen LogP contribution in [0.4, 0.5) is 0 Å². The van der Waals surface area contributed by atoms with Crippen molar-refractivity contribution in [2.75, 3.05) is 45.0 Å². The molecule has 2 rings (SSSR count). The molecule has 0 atom stereocenters.